The molecule has 0 saturated carbocycles. The predicted molar refractivity (Wildman–Crippen MR) is 231 cm³/mol. The number of aromatic hydroxyl groups is 1. The smallest absolute Gasteiger partial charge is 0.408 e. The summed E-state index contributed by atoms with van der Waals surface area (Å²) in [4.78, 5) is 42.8. The van der Waals surface area contributed by atoms with Crippen LogP contribution in [-0.4, -0.2) is 71.0 Å². The number of ether oxygens (including phenoxy) is 3. The number of hydrogen-bond donors (Lipinski definition) is 5. The molecule has 12 heteroatoms. The van der Waals surface area contributed by atoms with E-state index < -0.39 is 24.2 Å². The highest BCUT2D eigenvalue weighted by Gasteiger charge is 2.37. The summed E-state index contributed by atoms with van der Waals surface area (Å²) in [7, 11) is 0. The molecule has 0 radical (unpaired) electrons. The first-order chi connectivity index (χ1) is 29.8. The summed E-state index contributed by atoms with van der Waals surface area (Å²) in [6, 6.07) is 38.2. The van der Waals surface area contributed by atoms with Crippen molar-refractivity contribution < 1.29 is 34.0 Å². The average molecular weight is 823 g/mol. The molecule has 61 heavy (non-hydrogen) atoms. The molecular formula is C49H50N4O8. The van der Waals surface area contributed by atoms with Gasteiger partial charge in [-0.3, -0.25) is 9.69 Å². The second-order valence-corrected chi connectivity index (χ2v) is 15.8. The average Bonchev–Trinajstić information content (AvgIpc) is 3.29. The predicted octanol–water partition coefficient (Wildman–Crippen LogP) is 6.95. The van der Waals surface area contributed by atoms with Gasteiger partial charge in [0.15, 0.2) is 0 Å². The van der Waals surface area contributed by atoms with Crippen LogP contribution in [0.5, 0.6) is 11.5 Å². The van der Waals surface area contributed by atoms with Crippen molar-refractivity contribution in [2.75, 3.05) is 32.7 Å². The number of benzene rings is 5. The molecule has 3 saturated heterocycles. The van der Waals surface area contributed by atoms with Gasteiger partial charge >= 0.3 is 12.1 Å². The zero-order valence-electron chi connectivity index (χ0n) is 33.8. The normalized spacial score (nSPS) is 18.0. The number of carbonyl (C=O) groups excluding carboxylic acids is 2. The maximum absolute atomic E-state index is 13.2. The van der Waals surface area contributed by atoms with Gasteiger partial charge in [-0.2, -0.15) is 0 Å². The van der Waals surface area contributed by atoms with Crippen LogP contribution in [0, 0.1) is 5.92 Å². The van der Waals surface area contributed by atoms with Crippen LogP contribution in [0.15, 0.2) is 132 Å². The van der Waals surface area contributed by atoms with Crippen LogP contribution in [0.2, 0.25) is 0 Å². The Bertz CT molecular complexity index is 2480. The molecule has 5 aromatic carbocycles. The monoisotopic (exact) mass is 822 g/mol. The van der Waals surface area contributed by atoms with Crippen molar-refractivity contribution in [1.82, 2.24) is 20.5 Å². The number of esters is 1. The SMILES string of the molecule is O=C(NC(c1ccccc1)c1cccc(OCc2ccc(C(=O)OCc3ccc(CCNCC(O)c4ccc(O)c5[nH]c(=O)ccc45)cc3)cc2)c1)OC1CN2CCC1CC2. The molecule has 3 aliphatic heterocycles. The van der Waals surface area contributed by atoms with E-state index in [0.29, 0.717) is 46.8 Å². The van der Waals surface area contributed by atoms with Gasteiger partial charge in [-0.05, 0) is 115 Å². The molecule has 0 aliphatic carbocycles. The third kappa shape index (κ3) is 10.5. The van der Waals surface area contributed by atoms with Gasteiger partial charge in [0.2, 0.25) is 5.56 Å². The number of aromatic amines is 1. The number of aromatic nitrogens is 1. The quantitative estimate of drug-likeness (QED) is 0.0511. The molecule has 12 nitrogen and oxygen atoms in total. The first-order valence-corrected chi connectivity index (χ1v) is 20.8. The first-order valence-electron chi connectivity index (χ1n) is 20.8. The molecule has 5 N–H and O–H groups in total. The number of amides is 1. The van der Waals surface area contributed by atoms with E-state index >= 15 is 0 Å². The zero-order valence-corrected chi connectivity index (χ0v) is 33.8. The lowest BCUT2D eigenvalue weighted by Gasteiger charge is -2.43. The van der Waals surface area contributed by atoms with E-state index in [9.17, 15) is 24.6 Å². The van der Waals surface area contributed by atoms with E-state index in [-0.39, 0.29) is 30.6 Å². The van der Waals surface area contributed by atoms with E-state index in [0.717, 1.165) is 66.7 Å². The van der Waals surface area contributed by atoms with E-state index in [4.69, 9.17) is 14.2 Å². The summed E-state index contributed by atoms with van der Waals surface area (Å²) < 4.78 is 17.8. The summed E-state index contributed by atoms with van der Waals surface area (Å²) in [5.74, 6) is 0.594. The van der Waals surface area contributed by atoms with Crippen LogP contribution in [0.1, 0.15) is 68.7 Å². The van der Waals surface area contributed by atoms with Gasteiger partial charge in [0.1, 0.15) is 30.8 Å². The van der Waals surface area contributed by atoms with Gasteiger partial charge in [-0.15, -0.1) is 0 Å². The molecule has 3 unspecified atom stereocenters. The van der Waals surface area contributed by atoms with E-state index in [1.54, 1.807) is 24.3 Å². The van der Waals surface area contributed by atoms with Crippen molar-refractivity contribution in [2.24, 2.45) is 5.92 Å². The van der Waals surface area contributed by atoms with Crippen LogP contribution < -0.4 is 20.9 Å². The fraction of sp³-hybridized carbons (Fsp3) is 0.286. The van der Waals surface area contributed by atoms with Gasteiger partial charge in [0, 0.05) is 24.5 Å². The number of H-pyrrole nitrogens is 1. The summed E-state index contributed by atoms with van der Waals surface area (Å²) in [5, 5.41) is 27.9. The minimum atomic E-state index is -0.833. The van der Waals surface area contributed by atoms with Crippen LogP contribution in [0.4, 0.5) is 4.79 Å². The number of hydrogen-bond acceptors (Lipinski definition) is 10. The fourth-order valence-corrected chi connectivity index (χ4v) is 8.19. The highest BCUT2D eigenvalue weighted by atomic mass is 16.6. The number of nitrogens with one attached hydrogen (secondary N) is 3. The Labute approximate surface area is 354 Å². The van der Waals surface area contributed by atoms with Gasteiger partial charge in [0.25, 0.3) is 0 Å². The summed E-state index contributed by atoms with van der Waals surface area (Å²) in [5.41, 5.74) is 5.66. The second kappa shape index (κ2) is 19.3. The standard InChI is InChI=1S/C49H50N4O8/c54-42-19-17-40(41-18-20-45(56)51-47(41)42)43(55)28-50-24-21-32-9-11-33(12-10-32)31-60-48(57)37-15-13-34(14-16-37)30-59-39-8-4-7-38(27-39)46(36-5-2-1-3-6-36)52-49(58)61-44-29-53-25-22-35(44)23-26-53/h1-20,27,35,43-44,46,50,54-55H,21-26,28-31H2,(H,51,56)(H,52,58). The topological polar surface area (TPSA) is 162 Å². The van der Waals surface area contributed by atoms with Crippen molar-refractivity contribution in [2.45, 2.75) is 50.7 Å². The maximum atomic E-state index is 13.2. The number of aliphatic hydroxyl groups is 1. The molecule has 4 heterocycles. The number of fused-ring (bicyclic) bond motifs is 4. The van der Waals surface area contributed by atoms with Crippen molar-refractivity contribution >= 4 is 23.0 Å². The molecule has 3 fully saturated rings. The lowest BCUT2D eigenvalue weighted by Crippen LogP contribution is -2.52. The van der Waals surface area contributed by atoms with Gasteiger partial charge < -0.3 is 40.0 Å². The highest BCUT2D eigenvalue weighted by Crippen LogP contribution is 2.31. The summed E-state index contributed by atoms with van der Waals surface area (Å²) in [6.45, 7) is 4.28. The Kier molecular flexibility index (Phi) is 13.0. The molecule has 1 aromatic heterocycles. The number of piperidine rings is 3. The van der Waals surface area contributed by atoms with Crippen molar-refractivity contribution in [1.29, 1.82) is 0 Å². The van der Waals surface area contributed by atoms with Gasteiger partial charge in [-0.25, -0.2) is 9.59 Å². The Morgan fingerprint density at radius 1 is 0.803 bits per heavy atom. The minimum Gasteiger partial charge on any atom is -0.506 e. The Hall–Kier alpha value is -6.47. The second-order valence-electron chi connectivity index (χ2n) is 15.8. The van der Waals surface area contributed by atoms with Crippen LogP contribution in [0.3, 0.4) is 0 Å². The highest BCUT2D eigenvalue weighted by molar-refractivity contribution is 5.89. The molecule has 1 amide bonds. The van der Waals surface area contributed by atoms with Crippen LogP contribution in [-0.2, 0) is 29.1 Å². The van der Waals surface area contributed by atoms with E-state index in [2.05, 4.69) is 20.5 Å². The number of phenolic OH excluding ortho intramolecular Hbond substituents is 1. The molecule has 3 atom stereocenters. The summed E-state index contributed by atoms with van der Waals surface area (Å²) in [6.07, 6.45) is 1.51. The molecular weight excluding hydrogens is 773 g/mol. The number of alkyl carbamates (subject to hydrolysis) is 1. The number of aliphatic hydroxyl groups excluding tert-OH is 1. The van der Waals surface area contributed by atoms with E-state index in [1.165, 1.54) is 12.1 Å². The number of nitrogens with zero attached hydrogens (tertiary/aromatic N) is 1. The molecule has 0 spiro atoms. The Morgan fingerprint density at radius 3 is 2.28 bits per heavy atom. The van der Waals surface area contributed by atoms with Crippen LogP contribution >= 0.6 is 0 Å². The Balaban J connectivity index is 0.784. The van der Waals surface area contributed by atoms with Crippen molar-refractivity contribution in [3.05, 3.63) is 177 Å². The number of rotatable bonds is 16. The third-order valence-electron chi connectivity index (χ3n) is 11.6. The van der Waals surface area contributed by atoms with Gasteiger partial charge in [0.05, 0.1) is 23.2 Å². The molecule has 3 aliphatic rings. The summed E-state index contributed by atoms with van der Waals surface area (Å²) >= 11 is 0. The number of carbonyl (C=O) groups is 2. The molecule has 9 rings (SSSR count). The molecule has 2 bridgehead atoms. The van der Waals surface area contributed by atoms with Crippen molar-refractivity contribution in [3.63, 3.8) is 0 Å². The fourth-order valence-electron chi connectivity index (χ4n) is 8.19. The third-order valence-corrected chi connectivity index (χ3v) is 11.6. The Morgan fingerprint density at radius 2 is 1.52 bits per heavy atom. The first kappa shape index (κ1) is 41.3. The molecule has 314 valence electrons. The van der Waals surface area contributed by atoms with Crippen molar-refractivity contribution in [3.8, 4) is 11.5 Å². The van der Waals surface area contributed by atoms with Gasteiger partial charge in [-0.1, -0.05) is 84.9 Å². The zero-order chi connectivity index (χ0) is 42.1. The maximum Gasteiger partial charge on any atom is 0.408 e. The van der Waals surface area contributed by atoms with Crippen LogP contribution in [0.25, 0.3) is 10.9 Å². The number of phenols is 1. The minimum absolute atomic E-state index is 0.0473. The molecule has 6 aromatic rings. The van der Waals surface area contributed by atoms with E-state index in [1.807, 2.05) is 91.0 Å². The number of pyridine rings is 1. The largest absolute Gasteiger partial charge is 0.506 e. The lowest BCUT2D eigenvalue weighted by atomic mass is 9.86. The lowest BCUT2D eigenvalue weighted by molar-refractivity contribution is -0.0336.